The van der Waals surface area contributed by atoms with Gasteiger partial charge in [-0.15, -0.1) is 0 Å². The average Bonchev–Trinajstić information content (AvgIpc) is 2.28. The fourth-order valence-electron chi connectivity index (χ4n) is 1.67. The third kappa shape index (κ3) is 2.65. The lowest BCUT2D eigenvalue weighted by Crippen LogP contribution is -2.45. The molecule has 0 atom stereocenters. The van der Waals surface area contributed by atoms with Crippen LogP contribution in [0.2, 0.25) is 5.02 Å². The summed E-state index contributed by atoms with van der Waals surface area (Å²) in [6, 6.07) is 4.23. The highest BCUT2D eigenvalue weighted by Gasteiger charge is 2.19. The van der Waals surface area contributed by atoms with Crippen LogP contribution < -0.4 is 14.8 Å². The van der Waals surface area contributed by atoms with E-state index >= 15 is 0 Å². The molecule has 5 heteroatoms. The van der Waals surface area contributed by atoms with E-state index in [9.17, 15) is 0 Å². The monoisotopic (exact) mass is 257 g/mol. The Balaban J connectivity index is 2.10. The van der Waals surface area contributed by atoms with Crippen LogP contribution in [0.4, 0.5) is 0 Å². The van der Waals surface area contributed by atoms with Gasteiger partial charge in [0.05, 0.1) is 38.5 Å². The first-order chi connectivity index (χ1) is 8.26. The Labute approximate surface area is 106 Å². The topological polar surface area (TPSA) is 39.7 Å². The maximum absolute atomic E-state index is 6.26. The number of halogens is 1. The third-order valence-corrected chi connectivity index (χ3v) is 3.20. The van der Waals surface area contributed by atoms with E-state index < -0.39 is 0 Å². The molecule has 1 heterocycles. The van der Waals surface area contributed by atoms with Crippen molar-refractivity contribution in [3.8, 4) is 11.5 Å². The number of ether oxygens (including phenoxy) is 3. The van der Waals surface area contributed by atoms with Gasteiger partial charge < -0.3 is 19.5 Å². The molecule has 4 nitrogen and oxygen atoms in total. The first-order valence-corrected chi connectivity index (χ1v) is 5.84. The molecule has 1 fully saturated rings. The van der Waals surface area contributed by atoms with Gasteiger partial charge in [-0.05, 0) is 11.6 Å². The summed E-state index contributed by atoms with van der Waals surface area (Å²) in [5.74, 6) is 1.23. The number of hydrogen-bond acceptors (Lipinski definition) is 4. The van der Waals surface area contributed by atoms with Gasteiger partial charge in [-0.1, -0.05) is 17.7 Å². The quantitative estimate of drug-likeness (QED) is 0.874. The second-order valence-electron chi connectivity index (χ2n) is 3.89. The molecule has 94 valence electrons. The van der Waals surface area contributed by atoms with Crippen LogP contribution in [0.25, 0.3) is 0 Å². The Kier molecular flexibility index (Phi) is 4.10. The Bertz CT molecular complexity index is 394. The molecule has 1 saturated heterocycles. The van der Waals surface area contributed by atoms with E-state index in [2.05, 4.69) is 5.32 Å². The van der Waals surface area contributed by atoms with Crippen LogP contribution in [0.15, 0.2) is 12.1 Å². The number of nitrogens with one attached hydrogen (secondary N) is 1. The van der Waals surface area contributed by atoms with Crippen molar-refractivity contribution in [3.63, 3.8) is 0 Å². The molecular formula is C12H16ClNO3. The summed E-state index contributed by atoms with van der Waals surface area (Å²) in [5, 5.41) is 3.96. The molecule has 1 aromatic rings. The lowest BCUT2D eigenvalue weighted by Gasteiger charge is -2.27. The highest BCUT2D eigenvalue weighted by atomic mass is 35.5. The van der Waals surface area contributed by atoms with Crippen LogP contribution in [-0.4, -0.2) is 33.5 Å². The fourth-order valence-corrected chi connectivity index (χ4v) is 1.97. The molecule has 1 aliphatic rings. The Morgan fingerprint density at radius 2 is 2.12 bits per heavy atom. The van der Waals surface area contributed by atoms with Crippen molar-refractivity contribution >= 4 is 11.6 Å². The minimum atomic E-state index is 0.430. The van der Waals surface area contributed by atoms with Crippen LogP contribution in [-0.2, 0) is 11.3 Å². The van der Waals surface area contributed by atoms with Crippen molar-refractivity contribution in [1.82, 2.24) is 5.32 Å². The van der Waals surface area contributed by atoms with E-state index in [1.54, 1.807) is 14.2 Å². The van der Waals surface area contributed by atoms with E-state index in [0.29, 0.717) is 29.1 Å². The zero-order valence-corrected chi connectivity index (χ0v) is 10.7. The molecule has 2 rings (SSSR count). The van der Waals surface area contributed by atoms with Gasteiger partial charge in [-0.25, -0.2) is 0 Å². The molecule has 1 N–H and O–H groups in total. The van der Waals surface area contributed by atoms with Gasteiger partial charge in [0.25, 0.3) is 0 Å². The van der Waals surface area contributed by atoms with Crippen LogP contribution in [0, 0.1) is 0 Å². The van der Waals surface area contributed by atoms with Gasteiger partial charge in [0.15, 0.2) is 11.5 Å². The molecule has 0 bridgehead atoms. The lowest BCUT2D eigenvalue weighted by molar-refractivity contribution is -0.00578. The van der Waals surface area contributed by atoms with Crippen molar-refractivity contribution in [2.24, 2.45) is 0 Å². The largest absolute Gasteiger partial charge is 0.493 e. The molecule has 0 radical (unpaired) electrons. The highest BCUT2D eigenvalue weighted by molar-refractivity contribution is 6.33. The van der Waals surface area contributed by atoms with Crippen molar-refractivity contribution in [2.45, 2.75) is 12.6 Å². The maximum atomic E-state index is 6.26. The lowest BCUT2D eigenvalue weighted by atomic mass is 10.1. The maximum Gasteiger partial charge on any atom is 0.179 e. The molecule has 0 unspecified atom stereocenters. The summed E-state index contributed by atoms with van der Waals surface area (Å²) in [4.78, 5) is 0. The summed E-state index contributed by atoms with van der Waals surface area (Å²) in [6.45, 7) is 2.24. The van der Waals surface area contributed by atoms with Crippen LogP contribution in [0.3, 0.4) is 0 Å². The number of methoxy groups -OCH3 is 2. The predicted octanol–water partition coefficient (Wildman–Crippen LogP) is 1.85. The first kappa shape index (κ1) is 12.5. The van der Waals surface area contributed by atoms with E-state index in [4.69, 9.17) is 25.8 Å². The summed E-state index contributed by atoms with van der Waals surface area (Å²) in [5.41, 5.74) is 0.996. The molecule has 0 aliphatic carbocycles. The number of rotatable bonds is 5. The predicted molar refractivity (Wildman–Crippen MR) is 66.0 cm³/mol. The molecule has 1 aliphatic heterocycles. The smallest absolute Gasteiger partial charge is 0.179 e. The normalized spacial score (nSPS) is 15.5. The minimum absolute atomic E-state index is 0.430. The summed E-state index contributed by atoms with van der Waals surface area (Å²) in [6.07, 6.45) is 0. The van der Waals surface area contributed by atoms with E-state index in [1.165, 1.54) is 0 Å². The summed E-state index contributed by atoms with van der Waals surface area (Å²) < 4.78 is 15.5. The molecule has 0 saturated carbocycles. The molecule has 0 spiro atoms. The van der Waals surface area contributed by atoms with Gasteiger partial charge >= 0.3 is 0 Å². The number of benzene rings is 1. The van der Waals surface area contributed by atoms with Crippen molar-refractivity contribution in [3.05, 3.63) is 22.7 Å². The number of hydrogen-bond donors (Lipinski definition) is 1. The fraction of sp³-hybridized carbons (Fsp3) is 0.500. The second kappa shape index (κ2) is 5.58. The minimum Gasteiger partial charge on any atom is -0.493 e. The van der Waals surface area contributed by atoms with E-state index in [1.807, 2.05) is 12.1 Å². The molecule has 0 amide bonds. The highest BCUT2D eigenvalue weighted by Crippen LogP contribution is 2.37. The second-order valence-corrected chi connectivity index (χ2v) is 4.27. The summed E-state index contributed by atoms with van der Waals surface area (Å²) in [7, 11) is 3.18. The van der Waals surface area contributed by atoms with Crippen LogP contribution >= 0.6 is 11.6 Å². The first-order valence-electron chi connectivity index (χ1n) is 5.46. The molecular weight excluding hydrogens is 242 g/mol. The average molecular weight is 258 g/mol. The Morgan fingerprint density at radius 3 is 2.65 bits per heavy atom. The van der Waals surface area contributed by atoms with E-state index in [-0.39, 0.29) is 0 Å². The third-order valence-electron chi connectivity index (χ3n) is 2.78. The standard InChI is InChI=1S/C12H16ClNO3/c1-15-10-4-3-8(11(13)12(10)16-2)5-14-9-6-17-7-9/h3-4,9,14H,5-7H2,1-2H3. The zero-order valence-electron chi connectivity index (χ0n) is 9.96. The SMILES string of the molecule is COc1ccc(CNC2COC2)c(Cl)c1OC. The zero-order chi connectivity index (χ0) is 12.3. The van der Waals surface area contributed by atoms with Crippen molar-refractivity contribution in [2.75, 3.05) is 27.4 Å². The molecule has 17 heavy (non-hydrogen) atoms. The summed E-state index contributed by atoms with van der Waals surface area (Å²) >= 11 is 6.26. The van der Waals surface area contributed by atoms with Crippen molar-refractivity contribution in [1.29, 1.82) is 0 Å². The van der Waals surface area contributed by atoms with Crippen LogP contribution in [0.5, 0.6) is 11.5 Å². The van der Waals surface area contributed by atoms with E-state index in [0.717, 1.165) is 18.8 Å². The molecule has 1 aromatic carbocycles. The van der Waals surface area contributed by atoms with Gasteiger partial charge in [0, 0.05) is 6.54 Å². The van der Waals surface area contributed by atoms with Gasteiger partial charge in [0.1, 0.15) is 0 Å². The van der Waals surface area contributed by atoms with Crippen LogP contribution in [0.1, 0.15) is 5.56 Å². The van der Waals surface area contributed by atoms with Crippen molar-refractivity contribution < 1.29 is 14.2 Å². The van der Waals surface area contributed by atoms with Gasteiger partial charge in [-0.2, -0.15) is 0 Å². The molecule has 0 aromatic heterocycles. The van der Waals surface area contributed by atoms with Gasteiger partial charge in [0.2, 0.25) is 0 Å². The Hall–Kier alpha value is -0.970. The van der Waals surface area contributed by atoms with Gasteiger partial charge in [-0.3, -0.25) is 0 Å². The Morgan fingerprint density at radius 1 is 1.35 bits per heavy atom.